The molecule has 0 bridgehead atoms. The first-order valence-electron chi connectivity index (χ1n) is 11.2. The van der Waals surface area contributed by atoms with Crippen LogP contribution in [0, 0.1) is 0 Å². The molecule has 0 saturated carbocycles. The fourth-order valence-electron chi connectivity index (χ4n) is 3.82. The van der Waals surface area contributed by atoms with Gasteiger partial charge < -0.3 is 19.2 Å². The van der Waals surface area contributed by atoms with Gasteiger partial charge in [0.2, 0.25) is 12.7 Å². The molecular weight excluding hydrogens is 503 g/mol. The van der Waals surface area contributed by atoms with Crippen molar-refractivity contribution in [3.05, 3.63) is 106 Å². The summed E-state index contributed by atoms with van der Waals surface area (Å²) in [5.74, 6) is 1.54. The van der Waals surface area contributed by atoms with Crippen molar-refractivity contribution >= 4 is 29.1 Å². The van der Waals surface area contributed by atoms with Crippen molar-refractivity contribution in [3.63, 3.8) is 0 Å². The van der Waals surface area contributed by atoms with E-state index in [4.69, 9.17) is 37.1 Å². The lowest BCUT2D eigenvalue weighted by Gasteiger charge is -2.21. The Hall–Kier alpha value is -3.59. The summed E-state index contributed by atoms with van der Waals surface area (Å²) in [4.78, 5) is 23.1. The topological polar surface area (TPSA) is 89.7 Å². The number of oxazole rings is 1. The average Bonchev–Trinajstić information content (AvgIpc) is 3.55. The zero-order chi connectivity index (χ0) is 24.9. The van der Waals surface area contributed by atoms with Gasteiger partial charge in [-0.15, -0.1) is 0 Å². The molecule has 0 saturated heterocycles. The molecule has 5 rings (SSSR count). The van der Waals surface area contributed by atoms with E-state index >= 15 is 0 Å². The molecule has 4 aromatic rings. The fourth-order valence-corrected chi connectivity index (χ4v) is 4.14. The van der Waals surface area contributed by atoms with Gasteiger partial charge in [0.25, 0.3) is 5.91 Å². The second-order valence-corrected chi connectivity index (χ2v) is 9.07. The van der Waals surface area contributed by atoms with E-state index in [1.54, 1.807) is 18.5 Å². The Balaban J connectivity index is 1.29. The van der Waals surface area contributed by atoms with Gasteiger partial charge in [0.05, 0.1) is 16.6 Å². The lowest BCUT2D eigenvalue weighted by Crippen LogP contribution is -2.24. The second kappa shape index (κ2) is 11.0. The summed E-state index contributed by atoms with van der Waals surface area (Å²) in [5, 5.41) is 3.81. The number of fused-ring (bicyclic) bond motifs is 1. The normalized spacial score (nSPS) is 12.2. The molecule has 0 spiro atoms. The van der Waals surface area contributed by atoms with Gasteiger partial charge in [-0.05, 0) is 47.0 Å². The van der Waals surface area contributed by atoms with Crippen LogP contribution in [0.4, 0.5) is 0 Å². The Morgan fingerprint density at radius 1 is 0.944 bits per heavy atom. The van der Waals surface area contributed by atoms with Crippen molar-refractivity contribution in [2.75, 3.05) is 6.79 Å². The first-order valence-corrected chi connectivity index (χ1v) is 12.0. The van der Waals surface area contributed by atoms with Crippen molar-refractivity contribution in [2.45, 2.75) is 26.2 Å². The number of nitrogens with one attached hydrogen (secondary N) is 1. The Bertz CT molecular complexity index is 1360. The molecule has 0 radical (unpaired) electrons. The highest BCUT2D eigenvalue weighted by Crippen LogP contribution is 2.33. The third-order valence-corrected chi connectivity index (χ3v) is 6.29. The van der Waals surface area contributed by atoms with Crippen LogP contribution in [0.15, 0.2) is 71.6 Å². The summed E-state index contributed by atoms with van der Waals surface area (Å²) in [5.41, 5.74) is 3.11. The minimum absolute atomic E-state index is 0.214. The lowest BCUT2D eigenvalue weighted by molar-refractivity contribution is 0.0945. The van der Waals surface area contributed by atoms with Gasteiger partial charge in [-0.2, -0.15) is 0 Å². The summed E-state index contributed by atoms with van der Waals surface area (Å²) in [6, 6.07) is 15.1. The summed E-state index contributed by atoms with van der Waals surface area (Å²) >= 11 is 12.3. The first-order chi connectivity index (χ1) is 17.5. The summed E-state index contributed by atoms with van der Waals surface area (Å²) in [6.07, 6.45) is 4.75. The standard InChI is InChI=1S/C26H22Cl2N4O4/c27-20-5-3-17(8-21(20)28)12-32(13-18-4-6-23-24(9-18)36-16-35-23)14-25-31-22(15-34-25)26(33)30-11-19-2-1-7-29-10-19/h1-10,15H,11-14,16H2,(H,30,33). The van der Waals surface area contributed by atoms with Gasteiger partial charge in [-0.3, -0.25) is 14.7 Å². The van der Waals surface area contributed by atoms with Gasteiger partial charge >= 0.3 is 0 Å². The number of amides is 1. The fraction of sp³-hybridized carbons (Fsp3) is 0.192. The number of ether oxygens (including phenoxy) is 2. The van der Waals surface area contributed by atoms with Crippen molar-refractivity contribution < 1.29 is 18.7 Å². The van der Waals surface area contributed by atoms with Crippen LogP contribution in [-0.4, -0.2) is 27.6 Å². The molecule has 1 amide bonds. The predicted octanol–water partition coefficient (Wildman–Crippen LogP) is 5.24. The van der Waals surface area contributed by atoms with Crippen molar-refractivity contribution in [1.29, 1.82) is 0 Å². The highest BCUT2D eigenvalue weighted by atomic mass is 35.5. The van der Waals surface area contributed by atoms with E-state index in [2.05, 4.69) is 20.2 Å². The summed E-state index contributed by atoms with van der Waals surface area (Å²) < 4.78 is 16.6. The molecule has 2 aromatic carbocycles. The molecule has 8 nitrogen and oxygen atoms in total. The quantitative estimate of drug-likeness (QED) is 0.320. The molecule has 1 N–H and O–H groups in total. The third kappa shape index (κ3) is 5.96. The van der Waals surface area contributed by atoms with Gasteiger partial charge in [0.1, 0.15) is 6.26 Å². The highest BCUT2D eigenvalue weighted by Gasteiger charge is 2.18. The summed E-state index contributed by atoms with van der Waals surface area (Å²) in [7, 11) is 0. The monoisotopic (exact) mass is 524 g/mol. The number of hydrogen-bond acceptors (Lipinski definition) is 7. The van der Waals surface area contributed by atoms with Crippen molar-refractivity contribution in [2.24, 2.45) is 0 Å². The summed E-state index contributed by atoms with van der Waals surface area (Å²) in [6.45, 7) is 2.05. The number of rotatable bonds is 9. The van der Waals surface area contributed by atoms with Gasteiger partial charge in [-0.1, -0.05) is 41.4 Å². The Morgan fingerprint density at radius 2 is 1.75 bits per heavy atom. The molecule has 0 unspecified atom stereocenters. The molecule has 1 aliphatic heterocycles. The number of halogens is 2. The van der Waals surface area contributed by atoms with E-state index in [-0.39, 0.29) is 18.4 Å². The molecule has 36 heavy (non-hydrogen) atoms. The maximum absolute atomic E-state index is 12.6. The maximum Gasteiger partial charge on any atom is 0.273 e. The van der Waals surface area contributed by atoms with E-state index < -0.39 is 0 Å². The third-order valence-electron chi connectivity index (χ3n) is 5.55. The van der Waals surface area contributed by atoms with Crippen LogP contribution >= 0.6 is 23.2 Å². The van der Waals surface area contributed by atoms with Crippen LogP contribution in [0.2, 0.25) is 10.0 Å². The van der Waals surface area contributed by atoms with Crippen LogP contribution in [0.1, 0.15) is 33.1 Å². The number of nitrogens with zero attached hydrogens (tertiary/aromatic N) is 3. The number of pyridine rings is 1. The molecule has 10 heteroatoms. The number of carbonyl (C=O) groups excluding carboxylic acids is 1. The second-order valence-electron chi connectivity index (χ2n) is 8.25. The van der Waals surface area contributed by atoms with E-state index in [1.807, 2.05) is 42.5 Å². The van der Waals surface area contributed by atoms with Crippen molar-refractivity contribution in [3.8, 4) is 11.5 Å². The van der Waals surface area contributed by atoms with Crippen LogP contribution in [0.3, 0.4) is 0 Å². The van der Waals surface area contributed by atoms with E-state index in [9.17, 15) is 4.79 Å². The smallest absolute Gasteiger partial charge is 0.273 e. The average molecular weight is 525 g/mol. The Labute approximate surface area is 217 Å². The molecule has 3 heterocycles. The van der Waals surface area contributed by atoms with Crippen molar-refractivity contribution in [1.82, 2.24) is 20.2 Å². The molecule has 2 aromatic heterocycles. The molecule has 1 aliphatic rings. The van der Waals surface area contributed by atoms with Gasteiger partial charge in [0.15, 0.2) is 17.2 Å². The van der Waals surface area contributed by atoms with Crippen LogP contribution in [-0.2, 0) is 26.2 Å². The van der Waals surface area contributed by atoms with E-state index in [0.717, 1.165) is 22.4 Å². The van der Waals surface area contributed by atoms with Crippen LogP contribution < -0.4 is 14.8 Å². The number of hydrogen-bond donors (Lipinski definition) is 1. The lowest BCUT2D eigenvalue weighted by atomic mass is 10.1. The minimum atomic E-state index is -0.319. The molecule has 0 fully saturated rings. The first kappa shape index (κ1) is 24.1. The zero-order valence-electron chi connectivity index (χ0n) is 19.1. The maximum atomic E-state index is 12.6. The van der Waals surface area contributed by atoms with Crippen LogP contribution in [0.25, 0.3) is 0 Å². The SMILES string of the molecule is O=C(NCc1cccnc1)c1coc(CN(Cc2ccc(Cl)c(Cl)c2)Cc2ccc3c(c2)OCO3)n1. The minimum Gasteiger partial charge on any atom is -0.454 e. The Kier molecular flexibility index (Phi) is 7.36. The zero-order valence-corrected chi connectivity index (χ0v) is 20.6. The number of aromatic nitrogens is 2. The van der Waals surface area contributed by atoms with E-state index in [1.165, 1.54) is 6.26 Å². The molecule has 0 aliphatic carbocycles. The number of benzene rings is 2. The molecular formula is C26H22Cl2N4O4. The largest absolute Gasteiger partial charge is 0.454 e. The predicted molar refractivity (Wildman–Crippen MR) is 134 cm³/mol. The van der Waals surface area contributed by atoms with E-state index in [0.29, 0.717) is 47.9 Å². The Morgan fingerprint density at radius 3 is 2.56 bits per heavy atom. The van der Waals surface area contributed by atoms with Gasteiger partial charge in [-0.25, -0.2) is 4.98 Å². The van der Waals surface area contributed by atoms with Gasteiger partial charge in [0, 0.05) is 32.0 Å². The highest BCUT2D eigenvalue weighted by molar-refractivity contribution is 6.42. The van der Waals surface area contributed by atoms with Crippen LogP contribution in [0.5, 0.6) is 11.5 Å². The number of carbonyl (C=O) groups is 1. The molecule has 184 valence electrons. The molecule has 0 atom stereocenters.